The maximum absolute atomic E-state index is 12.7. The van der Waals surface area contributed by atoms with Crippen LogP contribution >= 0.6 is 0 Å². The SMILES string of the molecule is N#C[C@H](C[C@@H]1CCCNC1=O)NC(=O)[C@H](CC1CC1)NC(=O)c1ccn[nH]1. The second kappa shape index (κ2) is 8.66. The fourth-order valence-electron chi connectivity index (χ4n) is 3.30. The first-order valence-electron chi connectivity index (χ1n) is 9.34. The Morgan fingerprint density at radius 1 is 1.30 bits per heavy atom. The van der Waals surface area contributed by atoms with E-state index >= 15 is 0 Å². The molecule has 2 fully saturated rings. The highest BCUT2D eigenvalue weighted by Crippen LogP contribution is 2.33. The van der Waals surface area contributed by atoms with Crippen molar-refractivity contribution < 1.29 is 14.4 Å². The van der Waals surface area contributed by atoms with Gasteiger partial charge in [0, 0.05) is 18.7 Å². The van der Waals surface area contributed by atoms with Gasteiger partial charge in [-0.2, -0.15) is 10.4 Å². The summed E-state index contributed by atoms with van der Waals surface area (Å²) < 4.78 is 0. The highest BCUT2D eigenvalue weighted by Gasteiger charge is 2.33. The lowest BCUT2D eigenvalue weighted by Gasteiger charge is -2.25. The van der Waals surface area contributed by atoms with Crippen molar-refractivity contribution in [3.8, 4) is 6.07 Å². The minimum absolute atomic E-state index is 0.0715. The molecule has 2 heterocycles. The van der Waals surface area contributed by atoms with E-state index in [1.165, 1.54) is 12.3 Å². The Balaban J connectivity index is 1.59. The summed E-state index contributed by atoms with van der Waals surface area (Å²) in [6, 6.07) is 2.11. The van der Waals surface area contributed by atoms with Crippen LogP contribution in [0.3, 0.4) is 0 Å². The molecule has 0 radical (unpaired) electrons. The molecule has 3 rings (SSSR count). The van der Waals surface area contributed by atoms with Crippen molar-refractivity contribution in [3.63, 3.8) is 0 Å². The fourth-order valence-corrected chi connectivity index (χ4v) is 3.30. The number of carbonyl (C=O) groups excluding carboxylic acids is 3. The topological polar surface area (TPSA) is 140 Å². The third-order valence-electron chi connectivity index (χ3n) is 5.03. The van der Waals surface area contributed by atoms with Crippen LogP contribution in [0.4, 0.5) is 0 Å². The van der Waals surface area contributed by atoms with E-state index in [-0.39, 0.29) is 23.9 Å². The third kappa shape index (κ3) is 5.29. The zero-order valence-corrected chi connectivity index (χ0v) is 15.0. The summed E-state index contributed by atoms with van der Waals surface area (Å²) in [6.45, 7) is 0.655. The molecule has 1 aromatic heterocycles. The molecule has 1 aromatic rings. The van der Waals surface area contributed by atoms with E-state index in [0.717, 1.165) is 19.3 Å². The summed E-state index contributed by atoms with van der Waals surface area (Å²) in [7, 11) is 0. The predicted molar refractivity (Wildman–Crippen MR) is 95.1 cm³/mol. The number of nitrogens with zero attached hydrogens (tertiary/aromatic N) is 2. The van der Waals surface area contributed by atoms with Gasteiger partial charge >= 0.3 is 0 Å². The number of aromatic nitrogens is 2. The van der Waals surface area contributed by atoms with Crippen molar-refractivity contribution >= 4 is 17.7 Å². The Kier molecular flexibility index (Phi) is 6.06. The van der Waals surface area contributed by atoms with Crippen LogP contribution in [0, 0.1) is 23.2 Å². The van der Waals surface area contributed by atoms with Crippen LogP contribution < -0.4 is 16.0 Å². The van der Waals surface area contributed by atoms with E-state index < -0.39 is 23.9 Å². The van der Waals surface area contributed by atoms with Gasteiger partial charge in [-0.05, 0) is 37.7 Å². The van der Waals surface area contributed by atoms with Crippen LogP contribution in [0.1, 0.15) is 49.0 Å². The lowest BCUT2D eigenvalue weighted by molar-refractivity contribution is -0.128. The summed E-state index contributed by atoms with van der Waals surface area (Å²) in [5, 5.41) is 23.9. The molecule has 0 bridgehead atoms. The average Bonchev–Trinajstić information content (AvgIpc) is 3.30. The van der Waals surface area contributed by atoms with E-state index in [1.54, 1.807) is 0 Å². The zero-order chi connectivity index (χ0) is 19.2. The normalized spacial score (nSPS) is 21.4. The number of amides is 3. The Hall–Kier alpha value is -2.89. The van der Waals surface area contributed by atoms with Gasteiger partial charge in [-0.25, -0.2) is 0 Å². The van der Waals surface area contributed by atoms with Gasteiger partial charge in [0.05, 0.1) is 6.07 Å². The number of piperidine rings is 1. The van der Waals surface area contributed by atoms with E-state index in [2.05, 4.69) is 32.2 Å². The minimum Gasteiger partial charge on any atom is -0.356 e. The monoisotopic (exact) mass is 372 g/mol. The van der Waals surface area contributed by atoms with Gasteiger partial charge in [0.25, 0.3) is 5.91 Å². The number of rotatable bonds is 8. The number of H-pyrrole nitrogens is 1. The number of hydrogen-bond donors (Lipinski definition) is 4. The van der Waals surface area contributed by atoms with Crippen molar-refractivity contribution in [2.24, 2.45) is 11.8 Å². The standard InChI is InChI=1S/C18H24N6O3/c19-10-13(9-12-2-1-6-20-16(12)25)22-18(27)15(8-11-3-4-11)23-17(26)14-5-7-21-24-14/h5,7,11-13,15H,1-4,6,8-9H2,(H,20,25)(H,21,24)(H,22,27)(H,23,26)/t12-,13-,15-/m0/s1. The van der Waals surface area contributed by atoms with Crippen molar-refractivity contribution in [2.75, 3.05) is 6.54 Å². The Labute approximate surface area is 157 Å². The van der Waals surface area contributed by atoms with Gasteiger partial charge in [0.1, 0.15) is 17.8 Å². The summed E-state index contributed by atoms with van der Waals surface area (Å²) in [5.74, 6) is -0.735. The molecule has 0 spiro atoms. The Morgan fingerprint density at radius 2 is 2.11 bits per heavy atom. The molecule has 1 saturated carbocycles. The van der Waals surface area contributed by atoms with Crippen molar-refractivity contribution in [1.29, 1.82) is 5.26 Å². The van der Waals surface area contributed by atoms with Crippen LogP contribution in [-0.2, 0) is 9.59 Å². The summed E-state index contributed by atoms with van der Waals surface area (Å²) >= 11 is 0. The minimum atomic E-state index is -0.767. The molecule has 9 nitrogen and oxygen atoms in total. The number of carbonyl (C=O) groups is 3. The molecule has 2 aliphatic rings. The smallest absolute Gasteiger partial charge is 0.269 e. The maximum atomic E-state index is 12.7. The molecule has 1 saturated heterocycles. The van der Waals surface area contributed by atoms with E-state index in [0.29, 0.717) is 25.3 Å². The van der Waals surface area contributed by atoms with Crippen LogP contribution in [0.15, 0.2) is 12.3 Å². The van der Waals surface area contributed by atoms with E-state index in [9.17, 15) is 19.6 Å². The van der Waals surface area contributed by atoms with Gasteiger partial charge in [0.2, 0.25) is 11.8 Å². The van der Waals surface area contributed by atoms with Crippen molar-refractivity contribution in [3.05, 3.63) is 18.0 Å². The molecule has 1 aliphatic heterocycles. The van der Waals surface area contributed by atoms with Gasteiger partial charge in [-0.15, -0.1) is 0 Å². The summed E-state index contributed by atoms with van der Waals surface area (Å²) in [4.78, 5) is 36.9. The van der Waals surface area contributed by atoms with Crippen LogP contribution in [0.25, 0.3) is 0 Å². The number of nitrogens with one attached hydrogen (secondary N) is 4. The molecule has 144 valence electrons. The van der Waals surface area contributed by atoms with Gasteiger partial charge in [-0.3, -0.25) is 19.5 Å². The number of hydrogen-bond acceptors (Lipinski definition) is 5. The first-order valence-corrected chi connectivity index (χ1v) is 9.34. The predicted octanol–water partition coefficient (Wildman–Crippen LogP) is 0.233. The molecule has 3 atom stereocenters. The lowest BCUT2D eigenvalue weighted by atomic mass is 9.92. The Morgan fingerprint density at radius 3 is 2.74 bits per heavy atom. The quantitative estimate of drug-likeness (QED) is 0.517. The summed E-state index contributed by atoms with van der Waals surface area (Å²) in [5.41, 5.74) is 0.277. The molecule has 1 aliphatic carbocycles. The third-order valence-corrected chi connectivity index (χ3v) is 5.03. The van der Waals surface area contributed by atoms with Crippen molar-refractivity contribution in [2.45, 2.75) is 50.6 Å². The first kappa shape index (κ1) is 18.9. The van der Waals surface area contributed by atoms with Crippen molar-refractivity contribution in [1.82, 2.24) is 26.1 Å². The molecule has 0 aromatic carbocycles. The first-order chi connectivity index (χ1) is 13.1. The van der Waals surface area contributed by atoms with Crippen LogP contribution in [-0.4, -0.2) is 46.5 Å². The van der Waals surface area contributed by atoms with E-state index in [4.69, 9.17) is 0 Å². The van der Waals surface area contributed by atoms with Gasteiger partial charge in [-0.1, -0.05) is 12.8 Å². The van der Waals surface area contributed by atoms with Crippen LogP contribution in [0.5, 0.6) is 0 Å². The second-order valence-corrected chi connectivity index (χ2v) is 7.23. The Bertz CT molecular complexity index is 722. The molecular weight excluding hydrogens is 348 g/mol. The number of nitriles is 1. The van der Waals surface area contributed by atoms with Gasteiger partial charge in [0.15, 0.2) is 0 Å². The second-order valence-electron chi connectivity index (χ2n) is 7.23. The van der Waals surface area contributed by atoms with Gasteiger partial charge < -0.3 is 16.0 Å². The maximum Gasteiger partial charge on any atom is 0.269 e. The fraction of sp³-hybridized carbons (Fsp3) is 0.611. The highest BCUT2D eigenvalue weighted by molar-refractivity contribution is 5.96. The molecule has 4 N–H and O–H groups in total. The molecular formula is C18H24N6O3. The zero-order valence-electron chi connectivity index (χ0n) is 15.0. The molecule has 0 unspecified atom stereocenters. The lowest BCUT2D eigenvalue weighted by Crippen LogP contribution is -2.50. The molecule has 9 heteroatoms. The van der Waals surface area contributed by atoms with E-state index in [1.807, 2.05) is 0 Å². The summed E-state index contributed by atoms with van der Waals surface area (Å²) in [6.07, 6.45) is 5.93. The van der Waals surface area contributed by atoms with Crippen LogP contribution in [0.2, 0.25) is 0 Å². The molecule has 27 heavy (non-hydrogen) atoms. The largest absolute Gasteiger partial charge is 0.356 e. The molecule has 3 amide bonds. The number of aromatic amines is 1. The average molecular weight is 372 g/mol. The highest BCUT2D eigenvalue weighted by atomic mass is 16.2.